The van der Waals surface area contributed by atoms with Crippen LogP contribution >= 0.6 is 0 Å². The Kier molecular flexibility index (Phi) is 7.13. The zero-order valence-corrected chi connectivity index (χ0v) is 21.5. The van der Waals surface area contributed by atoms with Gasteiger partial charge in [-0.05, 0) is 63.9 Å². The number of aryl methyl sites for hydroxylation is 1. The number of piperazine rings is 1. The number of anilines is 1. The van der Waals surface area contributed by atoms with Gasteiger partial charge >= 0.3 is 0 Å². The van der Waals surface area contributed by atoms with Gasteiger partial charge in [0.2, 0.25) is 5.52 Å². The number of pyridine rings is 2. The van der Waals surface area contributed by atoms with E-state index >= 15 is 0 Å². The summed E-state index contributed by atoms with van der Waals surface area (Å²) in [6.07, 6.45) is 1.16. The average Bonchev–Trinajstić information content (AvgIpc) is 2.84. The first-order valence-corrected chi connectivity index (χ1v) is 12.4. The zero-order chi connectivity index (χ0) is 25.3. The van der Waals surface area contributed by atoms with E-state index in [-0.39, 0.29) is 23.7 Å². The number of ether oxygens (including phenoxy) is 1. The summed E-state index contributed by atoms with van der Waals surface area (Å²) in [7, 11) is 1.75. The largest absolute Gasteiger partial charge is 0.491 e. The van der Waals surface area contributed by atoms with Crippen molar-refractivity contribution < 1.29 is 4.74 Å². The highest BCUT2D eigenvalue weighted by Gasteiger charge is 2.35. The SMILES string of the molecule is [C-]#[N+]c1ccc2c(n1)c(N1C[C@@H](C)N(C(CC)c3ccc(OC(C)C)cc3)C[C@@H]1C)cc(=O)n2C. The second-order valence-electron chi connectivity index (χ2n) is 9.78. The van der Waals surface area contributed by atoms with Crippen LogP contribution in [0.25, 0.3) is 15.9 Å². The molecule has 184 valence electrons. The number of rotatable bonds is 6. The lowest BCUT2D eigenvalue weighted by molar-refractivity contribution is 0.107. The Labute approximate surface area is 207 Å². The molecule has 1 fully saturated rings. The van der Waals surface area contributed by atoms with E-state index in [9.17, 15) is 4.79 Å². The van der Waals surface area contributed by atoms with Crippen molar-refractivity contribution >= 4 is 22.5 Å². The van der Waals surface area contributed by atoms with Crippen molar-refractivity contribution in [1.82, 2.24) is 14.5 Å². The van der Waals surface area contributed by atoms with Crippen LogP contribution in [-0.4, -0.2) is 45.7 Å². The first-order valence-electron chi connectivity index (χ1n) is 12.4. The molecule has 1 saturated heterocycles. The molecule has 0 bridgehead atoms. The van der Waals surface area contributed by atoms with Gasteiger partial charge in [0.05, 0.1) is 17.3 Å². The number of nitrogens with zero attached hydrogens (tertiary/aromatic N) is 5. The smallest absolute Gasteiger partial charge is 0.270 e. The Morgan fingerprint density at radius 3 is 2.46 bits per heavy atom. The monoisotopic (exact) mass is 473 g/mol. The van der Waals surface area contributed by atoms with Crippen LogP contribution in [-0.2, 0) is 7.05 Å². The van der Waals surface area contributed by atoms with Gasteiger partial charge in [0.15, 0.2) is 0 Å². The Morgan fingerprint density at radius 2 is 1.83 bits per heavy atom. The molecule has 1 aromatic carbocycles. The Hall–Kier alpha value is -3.37. The highest BCUT2D eigenvalue weighted by atomic mass is 16.5. The maximum Gasteiger partial charge on any atom is 0.270 e. The molecule has 3 heterocycles. The maximum atomic E-state index is 12.8. The molecule has 35 heavy (non-hydrogen) atoms. The molecular weight excluding hydrogens is 438 g/mol. The molecule has 7 nitrogen and oxygen atoms in total. The third-order valence-corrected chi connectivity index (χ3v) is 6.94. The number of hydrogen-bond acceptors (Lipinski definition) is 5. The highest BCUT2D eigenvalue weighted by molar-refractivity contribution is 5.89. The molecule has 0 aliphatic carbocycles. The van der Waals surface area contributed by atoms with Gasteiger partial charge in [0.1, 0.15) is 5.75 Å². The molecule has 7 heteroatoms. The van der Waals surface area contributed by atoms with Gasteiger partial charge in [-0.15, -0.1) is 4.98 Å². The summed E-state index contributed by atoms with van der Waals surface area (Å²) in [5.74, 6) is 1.24. The van der Waals surface area contributed by atoms with Crippen LogP contribution in [0.15, 0.2) is 47.3 Å². The van der Waals surface area contributed by atoms with Crippen LogP contribution in [0.3, 0.4) is 0 Å². The van der Waals surface area contributed by atoms with Crippen LogP contribution in [0.4, 0.5) is 11.5 Å². The first-order chi connectivity index (χ1) is 16.7. The molecule has 2 aromatic heterocycles. The van der Waals surface area contributed by atoms with Gasteiger partial charge in [-0.25, -0.2) is 0 Å². The summed E-state index contributed by atoms with van der Waals surface area (Å²) in [6.45, 7) is 19.8. The number of benzene rings is 1. The summed E-state index contributed by atoms with van der Waals surface area (Å²) in [5.41, 5.74) is 3.50. The predicted molar refractivity (Wildman–Crippen MR) is 141 cm³/mol. The lowest BCUT2D eigenvalue weighted by atomic mass is 9.97. The zero-order valence-electron chi connectivity index (χ0n) is 21.5. The fraction of sp³-hybridized carbons (Fsp3) is 0.464. The van der Waals surface area contributed by atoms with Crippen molar-refractivity contribution in [1.29, 1.82) is 0 Å². The summed E-state index contributed by atoms with van der Waals surface area (Å²) < 4.78 is 7.43. The van der Waals surface area contributed by atoms with Crippen LogP contribution in [0.1, 0.15) is 52.6 Å². The van der Waals surface area contributed by atoms with E-state index in [1.807, 2.05) is 19.9 Å². The summed E-state index contributed by atoms with van der Waals surface area (Å²) in [6, 6.07) is 14.4. The fourth-order valence-corrected chi connectivity index (χ4v) is 5.21. The fourth-order valence-electron chi connectivity index (χ4n) is 5.21. The Balaban J connectivity index is 1.64. The molecule has 1 aliphatic heterocycles. The summed E-state index contributed by atoms with van der Waals surface area (Å²) in [5, 5.41) is 0. The lowest BCUT2D eigenvalue weighted by Crippen LogP contribution is -2.57. The topological polar surface area (TPSA) is 55.0 Å². The van der Waals surface area contributed by atoms with Gasteiger partial charge in [0.25, 0.3) is 11.4 Å². The second kappa shape index (κ2) is 10.1. The van der Waals surface area contributed by atoms with Crippen LogP contribution < -0.4 is 15.2 Å². The quantitative estimate of drug-likeness (QED) is 0.454. The van der Waals surface area contributed by atoms with Gasteiger partial charge in [-0.1, -0.05) is 25.6 Å². The van der Waals surface area contributed by atoms with E-state index in [0.29, 0.717) is 17.4 Å². The minimum absolute atomic E-state index is 0.0673. The Morgan fingerprint density at radius 1 is 1.11 bits per heavy atom. The molecular formula is C28H35N5O2. The molecule has 0 radical (unpaired) electrons. The van der Waals surface area contributed by atoms with E-state index in [1.54, 1.807) is 23.7 Å². The van der Waals surface area contributed by atoms with Crippen molar-refractivity contribution in [3.63, 3.8) is 0 Å². The van der Waals surface area contributed by atoms with E-state index in [2.05, 4.69) is 64.7 Å². The molecule has 3 aromatic rings. The predicted octanol–water partition coefficient (Wildman–Crippen LogP) is 5.32. The van der Waals surface area contributed by atoms with Crippen molar-refractivity contribution in [3.8, 4) is 5.75 Å². The van der Waals surface area contributed by atoms with Crippen LogP contribution in [0.5, 0.6) is 5.75 Å². The van der Waals surface area contributed by atoms with Crippen LogP contribution in [0.2, 0.25) is 0 Å². The second-order valence-corrected chi connectivity index (χ2v) is 9.78. The van der Waals surface area contributed by atoms with Crippen LogP contribution in [0, 0.1) is 6.57 Å². The van der Waals surface area contributed by atoms with Gasteiger partial charge in [0, 0.05) is 44.3 Å². The number of aromatic nitrogens is 2. The standard InChI is InChI=1S/C28H35N5O2/c1-8-23(21-9-11-22(12-10-21)35-18(2)3)32-16-20(5)33(17-19(32)4)25-15-27(34)31(7)24-13-14-26(29-6)30-28(24)25/h9-15,18-20,23H,8,16-17H2,1-5,7H3/t19-,20+,23?/m1/s1. The van der Waals surface area contributed by atoms with Gasteiger partial charge in [-0.2, -0.15) is 0 Å². The highest BCUT2D eigenvalue weighted by Crippen LogP contribution is 2.34. The minimum Gasteiger partial charge on any atom is -0.491 e. The van der Waals surface area contributed by atoms with Gasteiger partial charge < -0.3 is 19.0 Å². The van der Waals surface area contributed by atoms with E-state index in [4.69, 9.17) is 11.3 Å². The Bertz CT molecular complexity index is 1290. The molecule has 1 aliphatic rings. The first kappa shape index (κ1) is 24.7. The van der Waals surface area contributed by atoms with E-state index in [0.717, 1.165) is 36.5 Å². The number of fused-ring (bicyclic) bond motifs is 1. The maximum absolute atomic E-state index is 12.8. The summed E-state index contributed by atoms with van der Waals surface area (Å²) in [4.78, 5) is 25.7. The molecule has 4 rings (SSSR count). The van der Waals surface area contributed by atoms with Crippen molar-refractivity contribution in [3.05, 3.63) is 69.8 Å². The lowest BCUT2D eigenvalue weighted by Gasteiger charge is -2.48. The molecule has 0 saturated carbocycles. The molecule has 0 spiro atoms. The summed E-state index contributed by atoms with van der Waals surface area (Å²) >= 11 is 0. The van der Waals surface area contributed by atoms with Crippen molar-refractivity contribution in [2.75, 3.05) is 18.0 Å². The van der Waals surface area contributed by atoms with E-state index in [1.165, 1.54) is 5.56 Å². The minimum atomic E-state index is -0.0673. The molecule has 0 N–H and O–H groups in total. The molecule has 3 atom stereocenters. The molecule has 0 amide bonds. The third kappa shape index (κ3) is 4.89. The number of hydrogen-bond donors (Lipinski definition) is 0. The molecule has 1 unspecified atom stereocenters. The normalized spacial score (nSPS) is 19.7. The third-order valence-electron chi connectivity index (χ3n) is 6.94. The average molecular weight is 474 g/mol. The van der Waals surface area contributed by atoms with Crippen molar-refractivity contribution in [2.24, 2.45) is 7.05 Å². The van der Waals surface area contributed by atoms with Crippen molar-refractivity contribution in [2.45, 2.75) is 65.3 Å². The van der Waals surface area contributed by atoms with E-state index < -0.39 is 0 Å². The van der Waals surface area contributed by atoms with Gasteiger partial charge in [-0.3, -0.25) is 9.69 Å².